The minimum Gasteiger partial charge on any atom is -0.328 e. The molecule has 20 aromatic rings. The van der Waals surface area contributed by atoms with Crippen LogP contribution in [0.3, 0.4) is 0 Å². The van der Waals surface area contributed by atoms with E-state index in [-0.39, 0.29) is 67.0 Å². The molecule has 1 aliphatic carbocycles. The predicted molar refractivity (Wildman–Crippen MR) is 479 cm³/mol. The van der Waals surface area contributed by atoms with Gasteiger partial charge in [-0.3, -0.25) is 13.7 Å². The molecule has 10 nitrogen and oxygen atoms in total. The fraction of sp³-hybridized carbons (Fsp3) is 0.114. The van der Waals surface area contributed by atoms with Gasteiger partial charge in [0.05, 0.1) is 68.9 Å². The Bertz CT molecular complexity index is 8930. The number of pyridine rings is 1. The number of imidazole rings is 1. The van der Waals surface area contributed by atoms with Crippen LogP contribution in [0.5, 0.6) is 0 Å². The second kappa shape index (κ2) is 28.4. The summed E-state index contributed by atoms with van der Waals surface area (Å²) in [5.74, 6) is 0.615. The summed E-state index contributed by atoms with van der Waals surface area (Å²) < 4.78 is 378. The van der Waals surface area contributed by atoms with Gasteiger partial charge in [0, 0.05) is 76.3 Å². The van der Waals surface area contributed by atoms with E-state index in [1.54, 1.807) is 41.4 Å². The molecule has 0 spiro atoms. The molecule has 21 rings (SSSR count). The Morgan fingerprint density at radius 3 is 1.50 bits per heavy atom. The van der Waals surface area contributed by atoms with Gasteiger partial charge in [0.25, 0.3) is 6.33 Å². The maximum Gasteiger partial charge on any atom is 0.268 e. The number of nitrogens with zero attached hydrogens (tertiary/aromatic N) is 10. The quantitative estimate of drug-likeness (QED) is 0.0469. The van der Waals surface area contributed by atoms with Crippen LogP contribution in [0, 0.1) is 18.5 Å². The van der Waals surface area contributed by atoms with E-state index in [2.05, 4.69) is 39.2 Å². The monoisotopic (exact) mass is 1740 g/mol. The van der Waals surface area contributed by atoms with Gasteiger partial charge in [0.2, 0.25) is 17.8 Å². The first-order chi connectivity index (χ1) is 72.4. The van der Waals surface area contributed by atoms with Crippen molar-refractivity contribution in [2.45, 2.75) is 77.2 Å². The fourth-order valence-corrected chi connectivity index (χ4v) is 19.5. The van der Waals surface area contributed by atoms with E-state index >= 15 is 0 Å². The Kier molecular flexibility index (Phi) is 10.3. The largest absolute Gasteiger partial charge is 0.328 e. The van der Waals surface area contributed by atoms with Crippen molar-refractivity contribution in [2.24, 2.45) is 0 Å². The van der Waals surface area contributed by atoms with Crippen molar-refractivity contribution >= 4 is 123 Å². The molecule has 0 fully saturated rings. The number of rotatable bonds is 14. The van der Waals surface area contributed by atoms with Crippen LogP contribution in [0.25, 0.3) is 128 Å². The first-order valence-electron chi connectivity index (χ1n) is 55.9. The summed E-state index contributed by atoms with van der Waals surface area (Å²) in [5, 5.41) is -0.278. The maximum absolute atomic E-state index is 11.3. The van der Waals surface area contributed by atoms with Gasteiger partial charge in [0.1, 0.15) is 5.82 Å². The van der Waals surface area contributed by atoms with E-state index in [0.29, 0.717) is 38.8 Å². The van der Waals surface area contributed by atoms with Gasteiger partial charge in [-0.05, 0) is 142 Å². The van der Waals surface area contributed by atoms with Gasteiger partial charge < -0.3 is 14.0 Å². The number of fused-ring (bicyclic) bond motifs is 11. The summed E-state index contributed by atoms with van der Waals surface area (Å²) >= 11 is 0. The number of hydrogen-bond donors (Lipinski definition) is 0. The molecule has 0 aliphatic heterocycles. The van der Waals surface area contributed by atoms with Crippen molar-refractivity contribution in [3.8, 4) is 51.3 Å². The molecule has 12 heteroatoms. The average Bonchev–Trinajstić information content (AvgIpc) is 0.934. The van der Waals surface area contributed by atoms with E-state index in [0.717, 1.165) is 60.8 Å². The molecule has 568 valence electrons. The summed E-state index contributed by atoms with van der Waals surface area (Å²) in [6, 6.07) is 36.9. The van der Waals surface area contributed by atoms with Crippen LogP contribution in [-0.2, 0) is 37.3 Å². The zero-order chi connectivity index (χ0) is 111. The SMILES string of the molecule is [2H]c1c([2H])c([2H])c([Si](c2c([2H])c([2H])c([2H])c([2H])c2[2H])(c2c([2H])c([2H])c([2H])c([2H])c2[2H])c2c([2H])c([2H])c([2H])c(-c3cccc(-c4c([2H])c([2H])c5c(c4[2H])C(C([2H])([2H])[2H])(C([2H])([2H])[2H])C([2H])([2H])C([2H])([2H])C5(C([2H])([2H])[2H])C([2H])([2H])[2H])c3-[n+]3[c-]n(-c4[c-]c(N(c5[c-]c6c(cc5)c5ccccc5n6-c5cc(C(C)(C)C)ccn5)c5nc(-n6c7ccccc7c7ccccc76)nc(-n6c7ccccc7c7ccccc76)n5)ccc4)c4ccccc43)c2[2H])c([2H])c1[2H].[Pt]. The van der Waals surface area contributed by atoms with E-state index in [9.17, 15) is 48.0 Å². The van der Waals surface area contributed by atoms with Crippen molar-refractivity contribution in [2.75, 3.05) is 4.90 Å². The van der Waals surface area contributed by atoms with Crippen molar-refractivity contribution < 1.29 is 77.7 Å². The predicted octanol–water partition coefficient (Wildman–Crippen LogP) is 22.0. The second-order valence-electron chi connectivity index (χ2n) is 29.1. The van der Waals surface area contributed by atoms with Gasteiger partial charge in [-0.15, -0.1) is 23.6 Å². The van der Waals surface area contributed by atoms with Crippen molar-refractivity contribution in [3.05, 3.63) is 381 Å². The second-order valence-corrected chi connectivity index (χ2v) is 32.6. The number of aromatic nitrogens is 9. The minimum atomic E-state index is -6.82. The zero-order valence-electron chi connectivity index (χ0n) is 100.0. The molecule has 6 aromatic heterocycles. The third-order valence-electron chi connectivity index (χ3n) is 21.2. The maximum atomic E-state index is 11.3. The van der Waals surface area contributed by atoms with Crippen LogP contribution in [0.4, 0.5) is 17.3 Å². The fourth-order valence-electron chi connectivity index (χ4n) is 16.0. The Balaban J connectivity index is 0.0000144. The summed E-state index contributed by atoms with van der Waals surface area (Å²) in [6.45, 7) is -12.2. The van der Waals surface area contributed by atoms with Crippen LogP contribution in [0.1, 0.15) is 130 Å². The van der Waals surface area contributed by atoms with Gasteiger partial charge in [0.15, 0.2) is 8.07 Å². The molecule has 0 saturated heterocycles. The van der Waals surface area contributed by atoms with Crippen LogP contribution in [0.15, 0.2) is 345 Å². The molecular weight excluding hydrogens is 1620 g/mol. The molecule has 6 heterocycles. The number of para-hydroxylation sites is 8. The summed E-state index contributed by atoms with van der Waals surface area (Å²) in [6.07, 6.45) is -4.70. The molecule has 0 atom stereocenters. The molecule has 1 aliphatic rings. The third-order valence-corrected chi connectivity index (χ3v) is 25.2. The molecule has 0 bridgehead atoms. The molecule has 0 unspecified atom stereocenters. The molecular formula is C105H82N10PtSi-2. The Morgan fingerprint density at radius 2 is 0.940 bits per heavy atom. The molecule has 14 aromatic carbocycles. The zero-order valence-corrected chi connectivity index (χ0v) is 65.3. The number of hydrogen-bond acceptors (Lipinski definition) is 5. The van der Waals surface area contributed by atoms with E-state index in [4.69, 9.17) is 24.0 Å². The third kappa shape index (κ3) is 11.9. The van der Waals surface area contributed by atoms with E-state index in [1.165, 1.54) is 22.8 Å². The van der Waals surface area contributed by atoms with Gasteiger partial charge in [-0.1, -0.05) is 331 Å². The summed E-state index contributed by atoms with van der Waals surface area (Å²) in [4.78, 5) is 23.4. The van der Waals surface area contributed by atoms with Crippen LogP contribution < -0.4 is 30.2 Å². The number of benzene rings is 14. The Morgan fingerprint density at radius 1 is 0.453 bits per heavy atom. The summed E-state index contributed by atoms with van der Waals surface area (Å²) in [5.41, 5.74) is -13.5. The topological polar surface area (TPSA) is 78.4 Å². The standard InChI is InChI=1S/C105H82N10Si.Pt/c1-103(2,3)72-60-63-106-98(66-72)113-90-49-22-17-46-86(90)87-58-57-75(68-97(87)113)112(100-107-101(114-91-50-23-18-42-82(91)83-43-19-24-51-92(83)114)109-102(108-100)115-93-52-25-20-44-84(93)85-45-21-26-53-94(85)115)74-34-30-33-73(67-74)110-69-111(96-55-28-27-54-95(96)110)99-80(47-31-48-81(99)71-56-59-88-89(65-71)105(6,7)62-61-104(88,4)5)70-32-29-41-79(64-70)116(76-35-11-8-12-36-76,77-37-13-9-14-38-77)78-39-15-10-16-40-78;/h8-60,63-66H,61-62H2,1-7H3;/q-2;/i4D3,5D3,6D3,7D3,8D,9D,10D,11D,12D,13D,14D,15D,16D,29D,32D,35D,36D,37D,38D,39D,40D,41D,56D,59D,61D2,62D2,64D,65D;. The van der Waals surface area contributed by atoms with Crippen LogP contribution in [0.2, 0.25) is 0 Å². The number of anilines is 3. The van der Waals surface area contributed by atoms with Crippen molar-refractivity contribution in [3.63, 3.8) is 0 Å². The first-order valence-corrected chi connectivity index (χ1v) is 38.9. The molecule has 117 heavy (non-hydrogen) atoms. The smallest absolute Gasteiger partial charge is 0.268 e. The molecule has 0 N–H and O–H groups in total. The average molecular weight is 1750 g/mol. The van der Waals surface area contributed by atoms with Crippen LogP contribution in [-0.4, -0.2) is 46.3 Å². The van der Waals surface area contributed by atoms with E-state index in [1.807, 2.05) is 153 Å². The normalized spacial score (nSPS) is 19.4. The van der Waals surface area contributed by atoms with Gasteiger partial charge in [-0.25, -0.2) is 4.98 Å². The van der Waals surface area contributed by atoms with Gasteiger partial charge in [-0.2, -0.15) is 39.2 Å². The molecule has 0 amide bonds. The van der Waals surface area contributed by atoms with Crippen LogP contribution >= 0.6 is 0 Å². The van der Waals surface area contributed by atoms with Crippen molar-refractivity contribution in [1.82, 2.24) is 38.2 Å². The Hall–Kier alpha value is -13.2. The minimum absolute atomic E-state index is 0. The Labute approximate surface area is 749 Å². The van der Waals surface area contributed by atoms with E-state index < -0.39 is 257 Å². The first kappa shape index (κ1) is 42.4. The van der Waals surface area contributed by atoms with Gasteiger partial charge >= 0.3 is 0 Å². The summed E-state index contributed by atoms with van der Waals surface area (Å²) in [7, 11) is -6.82. The molecule has 0 saturated carbocycles. The molecule has 0 radical (unpaired) electrons. The van der Waals surface area contributed by atoms with Crippen molar-refractivity contribution in [1.29, 1.82) is 0 Å².